The molecule has 1 aliphatic rings. The number of nitro groups is 1. The van der Waals surface area contributed by atoms with Gasteiger partial charge in [-0.2, -0.15) is 0 Å². The van der Waals surface area contributed by atoms with Gasteiger partial charge in [0, 0.05) is 30.6 Å². The summed E-state index contributed by atoms with van der Waals surface area (Å²) in [6.07, 6.45) is 3.06. The van der Waals surface area contributed by atoms with Gasteiger partial charge >= 0.3 is 5.97 Å². The average Bonchev–Trinajstić information content (AvgIpc) is 2.62. The van der Waals surface area contributed by atoms with Crippen LogP contribution >= 0.6 is 0 Å². The summed E-state index contributed by atoms with van der Waals surface area (Å²) in [7, 11) is 0. The smallest absolute Gasteiger partial charge is 0.342 e. The second kappa shape index (κ2) is 6.92. The highest BCUT2D eigenvalue weighted by Crippen LogP contribution is 2.29. The Morgan fingerprint density at radius 2 is 2.00 bits per heavy atom. The summed E-state index contributed by atoms with van der Waals surface area (Å²) in [5, 5.41) is 11.5. The van der Waals surface area contributed by atoms with Crippen LogP contribution in [0.1, 0.15) is 36.5 Å². The first kappa shape index (κ1) is 16.9. The summed E-state index contributed by atoms with van der Waals surface area (Å²) in [6.45, 7) is 3.38. The molecule has 2 heterocycles. The van der Waals surface area contributed by atoms with Gasteiger partial charge in [-0.05, 0) is 32.3 Å². The number of nitrogens with one attached hydrogen (secondary N) is 1. The lowest BCUT2D eigenvalue weighted by Crippen LogP contribution is -2.33. The van der Waals surface area contributed by atoms with Crippen molar-refractivity contribution in [2.24, 2.45) is 0 Å². The predicted octanol–water partition coefficient (Wildman–Crippen LogP) is 2.60. The highest BCUT2D eigenvalue weighted by atomic mass is 16.6. The fourth-order valence-corrected chi connectivity index (χ4v) is 3.18. The molecule has 0 radical (unpaired) electrons. The van der Waals surface area contributed by atoms with Crippen LogP contribution in [0.25, 0.3) is 10.8 Å². The Balaban J connectivity index is 2.25. The molecule has 3 rings (SSSR count). The van der Waals surface area contributed by atoms with Crippen LogP contribution in [0.3, 0.4) is 0 Å². The molecule has 0 atom stereocenters. The molecule has 0 saturated carbocycles. The molecule has 0 aliphatic carbocycles. The van der Waals surface area contributed by atoms with Crippen LogP contribution < -0.4 is 10.5 Å². The number of non-ortho nitro benzene ring substituents is 1. The summed E-state index contributed by atoms with van der Waals surface area (Å²) in [5.41, 5.74) is -0.390. The lowest BCUT2D eigenvalue weighted by molar-refractivity contribution is -0.384. The maximum atomic E-state index is 12.5. The van der Waals surface area contributed by atoms with Gasteiger partial charge in [0.25, 0.3) is 11.2 Å². The number of benzene rings is 1. The molecule has 2 aromatic rings. The zero-order chi connectivity index (χ0) is 18.0. The highest BCUT2D eigenvalue weighted by Gasteiger charge is 2.25. The molecule has 1 aliphatic heterocycles. The van der Waals surface area contributed by atoms with Gasteiger partial charge in [-0.15, -0.1) is 0 Å². The number of anilines is 1. The van der Waals surface area contributed by atoms with Gasteiger partial charge < -0.3 is 14.6 Å². The molecule has 0 unspecified atom stereocenters. The fourth-order valence-electron chi connectivity index (χ4n) is 3.18. The van der Waals surface area contributed by atoms with Crippen molar-refractivity contribution in [3.8, 4) is 0 Å². The van der Waals surface area contributed by atoms with Crippen LogP contribution in [0, 0.1) is 10.1 Å². The molecule has 132 valence electrons. The first-order valence-corrected chi connectivity index (χ1v) is 8.29. The Kier molecular flexibility index (Phi) is 4.69. The van der Waals surface area contributed by atoms with Crippen LogP contribution in [0.2, 0.25) is 0 Å². The number of carbonyl (C=O) groups is 1. The second-order valence-corrected chi connectivity index (χ2v) is 5.93. The van der Waals surface area contributed by atoms with E-state index in [4.69, 9.17) is 4.74 Å². The Bertz CT molecular complexity index is 884. The van der Waals surface area contributed by atoms with Crippen LogP contribution in [0.15, 0.2) is 23.0 Å². The van der Waals surface area contributed by atoms with Crippen molar-refractivity contribution in [3.05, 3.63) is 44.2 Å². The molecule has 1 N–H and O–H groups in total. The number of hydrogen-bond acceptors (Lipinski definition) is 6. The van der Waals surface area contributed by atoms with Crippen molar-refractivity contribution in [1.82, 2.24) is 4.98 Å². The van der Waals surface area contributed by atoms with Gasteiger partial charge in [0.05, 0.1) is 16.9 Å². The summed E-state index contributed by atoms with van der Waals surface area (Å²) in [5.74, 6) is -0.109. The number of nitrogens with zero attached hydrogens (tertiary/aromatic N) is 2. The fraction of sp³-hybridized carbons (Fsp3) is 0.412. The molecule has 0 spiro atoms. The Morgan fingerprint density at radius 3 is 2.64 bits per heavy atom. The van der Waals surface area contributed by atoms with Crippen LogP contribution in [-0.4, -0.2) is 35.6 Å². The third-order valence-electron chi connectivity index (χ3n) is 4.35. The van der Waals surface area contributed by atoms with Crippen LogP contribution in [0.4, 0.5) is 11.5 Å². The summed E-state index contributed by atoms with van der Waals surface area (Å²) >= 11 is 0. The minimum absolute atomic E-state index is 0.109. The van der Waals surface area contributed by atoms with E-state index in [1.807, 2.05) is 4.90 Å². The lowest BCUT2D eigenvalue weighted by atomic mass is 10.0. The third kappa shape index (κ3) is 3.19. The maximum Gasteiger partial charge on any atom is 0.342 e. The van der Waals surface area contributed by atoms with E-state index in [2.05, 4.69) is 4.98 Å². The molecule has 8 heteroatoms. The van der Waals surface area contributed by atoms with Crippen molar-refractivity contribution in [2.75, 3.05) is 24.6 Å². The van der Waals surface area contributed by atoms with E-state index in [9.17, 15) is 19.7 Å². The van der Waals surface area contributed by atoms with Gasteiger partial charge in [0.2, 0.25) is 0 Å². The number of fused-ring (bicyclic) bond motifs is 1. The topological polar surface area (TPSA) is 106 Å². The number of H-pyrrole nitrogens is 1. The minimum Gasteiger partial charge on any atom is -0.462 e. The standard InChI is InChI=1S/C17H19N3O5/c1-2-25-17(22)14-12-7-6-11(20(23)24)10-13(12)16(21)18-15(14)19-8-4-3-5-9-19/h6-7,10H,2-5,8-9H2,1H3,(H,18,21). The van der Waals surface area contributed by atoms with E-state index in [1.54, 1.807) is 6.92 Å². The SMILES string of the molecule is CCOC(=O)c1c(N2CCCCC2)[nH]c(=O)c2cc([N+](=O)[O-])ccc12. The van der Waals surface area contributed by atoms with Crippen molar-refractivity contribution >= 4 is 28.2 Å². The third-order valence-corrected chi connectivity index (χ3v) is 4.35. The summed E-state index contributed by atoms with van der Waals surface area (Å²) in [6, 6.07) is 3.93. The van der Waals surface area contributed by atoms with Crippen molar-refractivity contribution in [2.45, 2.75) is 26.2 Å². The highest BCUT2D eigenvalue weighted by molar-refractivity contribution is 6.08. The van der Waals surface area contributed by atoms with Crippen molar-refractivity contribution in [1.29, 1.82) is 0 Å². The Morgan fingerprint density at radius 1 is 1.28 bits per heavy atom. The molecule has 8 nitrogen and oxygen atoms in total. The van der Waals surface area contributed by atoms with Crippen LogP contribution in [0.5, 0.6) is 0 Å². The number of ether oxygens (including phenoxy) is 1. The summed E-state index contributed by atoms with van der Waals surface area (Å²) in [4.78, 5) is 40.2. The molecule has 1 aromatic carbocycles. The first-order chi connectivity index (χ1) is 12.0. The van der Waals surface area contributed by atoms with E-state index in [0.717, 1.165) is 32.4 Å². The zero-order valence-corrected chi connectivity index (χ0v) is 13.9. The number of aromatic amines is 1. The van der Waals surface area contributed by atoms with Crippen LogP contribution in [-0.2, 0) is 4.74 Å². The Hall–Kier alpha value is -2.90. The molecule has 1 aromatic heterocycles. The minimum atomic E-state index is -0.568. The quantitative estimate of drug-likeness (QED) is 0.519. The van der Waals surface area contributed by atoms with E-state index >= 15 is 0 Å². The number of nitro benzene ring substituents is 1. The maximum absolute atomic E-state index is 12.5. The second-order valence-electron chi connectivity index (χ2n) is 5.93. The molecular formula is C17H19N3O5. The van der Waals surface area contributed by atoms with Gasteiger partial charge in [-0.3, -0.25) is 14.9 Å². The number of aromatic nitrogens is 1. The molecule has 25 heavy (non-hydrogen) atoms. The van der Waals surface area contributed by atoms with Gasteiger partial charge in [0.15, 0.2) is 0 Å². The number of esters is 1. The molecule has 1 fully saturated rings. The molecular weight excluding hydrogens is 326 g/mol. The molecule has 1 saturated heterocycles. The predicted molar refractivity (Wildman–Crippen MR) is 93.2 cm³/mol. The number of rotatable bonds is 4. The van der Waals surface area contributed by atoms with E-state index < -0.39 is 16.5 Å². The first-order valence-electron chi connectivity index (χ1n) is 8.29. The average molecular weight is 345 g/mol. The number of hydrogen-bond donors (Lipinski definition) is 1. The number of pyridine rings is 1. The lowest BCUT2D eigenvalue weighted by Gasteiger charge is -2.30. The zero-order valence-electron chi connectivity index (χ0n) is 13.9. The van der Waals surface area contributed by atoms with Gasteiger partial charge in [-0.25, -0.2) is 4.79 Å². The number of piperidine rings is 1. The molecule has 0 bridgehead atoms. The Labute approximate surface area is 143 Å². The monoisotopic (exact) mass is 345 g/mol. The van der Waals surface area contributed by atoms with Crippen molar-refractivity contribution < 1.29 is 14.5 Å². The molecule has 0 amide bonds. The van der Waals surface area contributed by atoms with Gasteiger partial charge in [0.1, 0.15) is 11.4 Å². The normalized spacial score (nSPS) is 14.5. The van der Waals surface area contributed by atoms with Gasteiger partial charge in [-0.1, -0.05) is 0 Å². The summed E-state index contributed by atoms with van der Waals surface area (Å²) < 4.78 is 5.16. The number of carbonyl (C=O) groups excluding carboxylic acids is 1. The van der Waals surface area contributed by atoms with E-state index in [0.29, 0.717) is 11.2 Å². The van der Waals surface area contributed by atoms with Crippen molar-refractivity contribution in [3.63, 3.8) is 0 Å². The van der Waals surface area contributed by atoms with E-state index in [-0.39, 0.29) is 23.2 Å². The van der Waals surface area contributed by atoms with E-state index in [1.165, 1.54) is 18.2 Å². The largest absolute Gasteiger partial charge is 0.462 e.